The van der Waals surface area contributed by atoms with Gasteiger partial charge in [-0.3, -0.25) is 9.80 Å². The van der Waals surface area contributed by atoms with Crippen LogP contribution in [0.2, 0.25) is 0 Å². The number of methoxy groups -OCH3 is 1. The van der Waals surface area contributed by atoms with Crippen molar-refractivity contribution in [2.45, 2.75) is 32.7 Å². The van der Waals surface area contributed by atoms with Gasteiger partial charge in [0.1, 0.15) is 6.04 Å². The zero-order valence-electron chi connectivity index (χ0n) is 20.5. The van der Waals surface area contributed by atoms with Crippen molar-refractivity contribution in [2.24, 2.45) is 11.0 Å². The van der Waals surface area contributed by atoms with Gasteiger partial charge in [0, 0.05) is 38.4 Å². The highest BCUT2D eigenvalue weighted by atomic mass is 16.5. The van der Waals surface area contributed by atoms with E-state index in [1.165, 1.54) is 5.69 Å². The van der Waals surface area contributed by atoms with Crippen molar-refractivity contribution in [2.75, 3.05) is 51.3 Å². The molecule has 2 aliphatic rings. The third-order valence-electron chi connectivity index (χ3n) is 6.34. The molecule has 7 heteroatoms. The molecule has 0 radical (unpaired) electrons. The van der Waals surface area contributed by atoms with Gasteiger partial charge in [0.15, 0.2) is 11.5 Å². The lowest BCUT2D eigenvalue weighted by Gasteiger charge is -2.38. The van der Waals surface area contributed by atoms with Crippen LogP contribution in [0.5, 0.6) is 11.5 Å². The minimum atomic E-state index is -0.186. The molecule has 2 fully saturated rings. The predicted molar refractivity (Wildman–Crippen MR) is 136 cm³/mol. The fourth-order valence-electron chi connectivity index (χ4n) is 4.46. The van der Waals surface area contributed by atoms with Gasteiger partial charge in [0.25, 0.3) is 0 Å². The van der Waals surface area contributed by atoms with Crippen LogP contribution < -0.4 is 14.4 Å². The first-order valence-electron chi connectivity index (χ1n) is 12.3. The quantitative estimate of drug-likeness (QED) is 0.555. The second-order valence-corrected chi connectivity index (χ2v) is 9.33. The standard InChI is InChI=1S/C27H36N4O3/c1-21(2)20-34-26-18-22(11-12-25(26)33-3)19-28-31-13-7-10-24(31)27(32)30-16-14-29(15-17-30)23-8-5-4-6-9-23/h4-6,8-9,11-12,18-19,21,24H,7,10,13-17,20H2,1-3H3/b28-19+/t24-/m0/s1. The minimum Gasteiger partial charge on any atom is -0.493 e. The van der Waals surface area contributed by atoms with Crippen LogP contribution in [0.1, 0.15) is 32.3 Å². The average Bonchev–Trinajstić information content (AvgIpc) is 3.35. The predicted octanol–water partition coefficient (Wildman–Crippen LogP) is 3.88. The van der Waals surface area contributed by atoms with Crippen molar-refractivity contribution in [3.05, 3.63) is 54.1 Å². The van der Waals surface area contributed by atoms with Crippen molar-refractivity contribution < 1.29 is 14.3 Å². The van der Waals surface area contributed by atoms with Crippen LogP contribution in [-0.2, 0) is 4.79 Å². The first-order chi connectivity index (χ1) is 16.5. The highest BCUT2D eigenvalue weighted by molar-refractivity contribution is 5.84. The monoisotopic (exact) mass is 464 g/mol. The third-order valence-corrected chi connectivity index (χ3v) is 6.34. The summed E-state index contributed by atoms with van der Waals surface area (Å²) in [5.74, 6) is 2.04. The molecule has 4 rings (SSSR count). The molecule has 0 aromatic heterocycles. The number of benzene rings is 2. The molecule has 0 bridgehead atoms. The summed E-state index contributed by atoms with van der Waals surface area (Å²) in [5.41, 5.74) is 2.15. The third kappa shape index (κ3) is 5.82. The number of piperazine rings is 1. The number of anilines is 1. The molecule has 34 heavy (non-hydrogen) atoms. The molecule has 2 saturated heterocycles. The molecule has 1 atom stereocenters. The van der Waals surface area contributed by atoms with E-state index in [1.54, 1.807) is 7.11 Å². The Morgan fingerprint density at radius 1 is 1.06 bits per heavy atom. The Morgan fingerprint density at radius 2 is 1.82 bits per heavy atom. The van der Waals surface area contributed by atoms with Crippen LogP contribution in [0, 0.1) is 5.92 Å². The number of ether oxygens (including phenoxy) is 2. The van der Waals surface area contributed by atoms with Gasteiger partial charge in [-0.1, -0.05) is 32.0 Å². The van der Waals surface area contributed by atoms with Gasteiger partial charge < -0.3 is 19.3 Å². The number of amides is 1. The maximum Gasteiger partial charge on any atom is 0.247 e. The van der Waals surface area contributed by atoms with Crippen molar-refractivity contribution in [3.8, 4) is 11.5 Å². The van der Waals surface area contributed by atoms with E-state index in [9.17, 15) is 4.79 Å². The van der Waals surface area contributed by atoms with E-state index < -0.39 is 0 Å². The Morgan fingerprint density at radius 3 is 2.53 bits per heavy atom. The molecule has 2 aromatic rings. The van der Waals surface area contributed by atoms with Crippen LogP contribution in [0.4, 0.5) is 5.69 Å². The lowest BCUT2D eigenvalue weighted by molar-refractivity contribution is -0.136. The number of nitrogens with zero attached hydrogens (tertiary/aromatic N) is 4. The van der Waals surface area contributed by atoms with Crippen molar-refractivity contribution >= 4 is 17.8 Å². The van der Waals surface area contributed by atoms with E-state index >= 15 is 0 Å². The van der Waals surface area contributed by atoms with Gasteiger partial charge in [0.2, 0.25) is 5.91 Å². The summed E-state index contributed by atoms with van der Waals surface area (Å²) < 4.78 is 11.3. The fourth-order valence-corrected chi connectivity index (χ4v) is 4.46. The molecule has 2 aliphatic heterocycles. The van der Waals surface area contributed by atoms with Gasteiger partial charge in [-0.2, -0.15) is 5.10 Å². The Labute approximate surface area is 202 Å². The molecule has 182 valence electrons. The molecule has 7 nitrogen and oxygen atoms in total. The highest BCUT2D eigenvalue weighted by Crippen LogP contribution is 2.28. The Hall–Kier alpha value is -3.22. The van der Waals surface area contributed by atoms with E-state index in [-0.39, 0.29) is 11.9 Å². The second-order valence-electron chi connectivity index (χ2n) is 9.33. The summed E-state index contributed by atoms with van der Waals surface area (Å²) >= 11 is 0. The van der Waals surface area contributed by atoms with E-state index in [1.807, 2.05) is 40.4 Å². The van der Waals surface area contributed by atoms with Crippen molar-refractivity contribution in [1.82, 2.24) is 9.91 Å². The molecule has 0 N–H and O–H groups in total. The lowest BCUT2D eigenvalue weighted by atomic mass is 10.1. The maximum atomic E-state index is 13.3. The summed E-state index contributed by atoms with van der Waals surface area (Å²) in [4.78, 5) is 17.7. The van der Waals surface area contributed by atoms with E-state index in [2.05, 4.69) is 43.0 Å². The number of rotatable bonds is 8. The number of hydrogen-bond acceptors (Lipinski definition) is 6. The van der Waals surface area contributed by atoms with Crippen molar-refractivity contribution in [1.29, 1.82) is 0 Å². The van der Waals surface area contributed by atoms with E-state index in [4.69, 9.17) is 14.6 Å². The summed E-state index contributed by atoms with van der Waals surface area (Å²) in [6.07, 6.45) is 3.64. The van der Waals surface area contributed by atoms with E-state index in [0.717, 1.165) is 51.1 Å². The van der Waals surface area contributed by atoms with Gasteiger partial charge in [-0.05, 0) is 54.7 Å². The van der Waals surface area contributed by atoms with Gasteiger partial charge in [-0.25, -0.2) is 0 Å². The zero-order chi connectivity index (χ0) is 23.9. The summed E-state index contributed by atoms with van der Waals surface area (Å²) in [6, 6.07) is 16.0. The summed E-state index contributed by atoms with van der Waals surface area (Å²) in [5, 5.41) is 6.65. The number of carbonyl (C=O) groups is 1. The molecular weight excluding hydrogens is 428 g/mol. The molecule has 2 aromatic carbocycles. The van der Waals surface area contributed by atoms with Gasteiger partial charge >= 0.3 is 0 Å². The van der Waals surface area contributed by atoms with Crippen molar-refractivity contribution in [3.63, 3.8) is 0 Å². The van der Waals surface area contributed by atoms with Crippen LogP contribution >= 0.6 is 0 Å². The topological polar surface area (TPSA) is 57.6 Å². The van der Waals surface area contributed by atoms with Crippen LogP contribution in [0.3, 0.4) is 0 Å². The molecule has 0 unspecified atom stereocenters. The molecule has 0 saturated carbocycles. The van der Waals surface area contributed by atoms with Crippen LogP contribution in [-0.4, -0.2) is 74.5 Å². The zero-order valence-corrected chi connectivity index (χ0v) is 20.5. The second kappa shape index (κ2) is 11.3. The van der Waals surface area contributed by atoms with Gasteiger partial charge in [0.05, 0.1) is 19.9 Å². The number of hydrogen-bond donors (Lipinski definition) is 0. The molecular formula is C27H36N4O3. The molecule has 0 aliphatic carbocycles. The average molecular weight is 465 g/mol. The fraction of sp³-hybridized carbons (Fsp3) is 0.481. The van der Waals surface area contributed by atoms with Crippen LogP contribution in [0.15, 0.2) is 53.6 Å². The molecule has 2 heterocycles. The van der Waals surface area contributed by atoms with Crippen LogP contribution in [0.25, 0.3) is 0 Å². The lowest BCUT2D eigenvalue weighted by Crippen LogP contribution is -2.53. The first-order valence-corrected chi connectivity index (χ1v) is 12.3. The Bertz CT molecular complexity index is 971. The summed E-state index contributed by atoms with van der Waals surface area (Å²) in [7, 11) is 1.64. The SMILES string of the molecule is COc1ccc(/C=N/N2CCC[C@H]2C(=O)N2CCN(c3ccccc3)CC2)cc1OCC(C)C. The number of para-hydroxylation sites is 1. The molecule has 0 spiro atoms. The van der Waals surface area contributed by atoms with E-state index in [0.29, 0.717) is 24.0 Å². The summed E-state index contributed by atoms with van der Waals surface area (Å²) in [6.45, 7) is 8.86. The molecule has 1 amide bonds. The Balaban J connectivity index is 1.37. The minimum absolute atomic E-state index is 0.186. The highest BCUT2D eigenvalue weighted by Gasteiger charge is 2.34. The number of hydrazone groups is 1. The van der Waals surface area contributed by atoms with Gasteiger partial charge in [-0.15, -0.1) is 0 Å². The Kier molecular flexibility index (Phi) is 7.93. The number of carbonyl (C=O) groups excluding carboxylic acids is 1. The normalized spacial score (nSPS) is 18.7. The smallest absolute Gasteiger partial charge is 0.247 e. The first kappa shape index (κ1) is 23.9. The maximum absolute atomic E-state index is 13.3. The largest absolute Gasteiger partial charge is 0.493 e.